The fourth-order valence-corrected chi connectivity index (χ4v) is 3.74. The first-order chi connectivity index (χ1) is 10.6. The minimum Gasteiger partial charge on any atom is -0.748 e. The Morgan fingerprint density at radius 1 is 1.22 bits per heavy atom. The average molecular weight is 349 g/mol. The Morgan fingerprint density at radius 2 is 1.74 bits per heavy atom. The fourth-order valence-electron chi connectivity index (χ4n) is 3.11. The lowest BCUT2D eigenvalue weighted by Crippen LogP contribution is -2.56. The first-order valence-electron chi connectivity index (χ1n) is 8.34. The predicted molar refractivity (Wildman–Crippen MR) is 91.7 cm³/mol. The third-order valence-corrected chi connectivity index (χ3v) is 5.21. The van der Waals surface area contributed by atoms with Crippen molar-refractivity contribution in [3.8, 4) is 0 Å². The fraction of sp³-hybridized carbons (Fsp3) is 0.812. The Labute approximate surface area is 141 Å². The smallest absolute Gasteiger partial charge is 0.244 e. The van der Waals surface area contributed by atoms with Gasteiger partial charge in [-0.25, -0.2) is 8.42 Å². The van der Waals surface area contributed by atoms with Gasteiger partial charge in [-0.15, -0.1) is 0 Å². The Morgan fingerprint density at radius 3 is 2.13 bits per heavy atom. The third kappa shape index (κ3) is 8.48. The first-order valence-corrected chi connectivity index (χ1v) is 9.91. The lowest BCUT2D eigenvalue weighted by molar-refractivity contribution is -0.949. The topological polar surface area (TPSA) is 100 Å². The van der Waals surface area contributed by atoms with Gasteiger partial charge in [-0.2, -0.15) is 0 Å². The van der Waals surface area contributed by atoms with Crippen LogP contribution in [0, 0.1) is 0 Å². The maximum Gasteiger partial charge on any atom is 0.244 e. The molecule has 6 nitrogen and oxygen atoms in total. The number of hydrogen-bond acceptors (Lipinski definition) is 4. The summed E-state index contributed by atoms with van der Waals surface area (Å²) < 4.78 is 33.6. The molecule has 0 bridgehead atoms. The maximum atomic E-state index is 11.1. The van der Waals surface area contributed by atoms with Crippen LogP contribution in [0.1, 0.15) is 53.4 Å². The number of carbonyl (C=O) groups excluding carboxylic acids is 1. The van der Waals surface area contributed by atoms with Crippen molar-refractivity contribution in [1.29, 1.82) is 0 Å². The van der Waals surface area contributed by atoms with Crippen molar-refractivity contribution in [3.05, 3.63) is 11.6 Å². The second-order valence-electron chi connectivity index (χ2n) is 6.33. The maximum absolute atomic E-state index is 11.1. The molecule has 0 aromatic carbocycles. The van der Waals surface area contributed by atoms with Crippen LogP contribution in [0.15, 0.2) is 11.6 Å². The molecule has 1 amide bonds. The molecular weight excluding hydrogens is 316 g/mol. The summed E-state index contributed by atoms with van der Waals surface area (Å²) in [5.74, 6) is -0.739. The molecule has 0 aromatic heterocycles. The minimum absolute atomic E-state index is 0.0842. The van der Waals surface area contributed by atoms with Crippen molar-refractivity contribution in [2.24, 2.45) is 5.73 Å². The molecule has 0 rings (SSSR count). The number of nitrogens with two attached hydrogens (primary N) is 1. The number of carbonyl (C=O) groups is 1. The van der Waals surface area contributed by atoms with Gasteiger partial charge in [-0.3, -0.25) is 4.79 Å². The first kappa shape index (κ1) is 22.1. The molecule has 0 aliphatic rings. The van der Waals surface area contributed by atoms with Crippen molar-refractivity contribution in [3.63, 3.8) is 0 Å². The molecule has 0 saturated carbocycles. The highest BCUT2D eigenvalue weighted by atomic mass is 32.2. The van der Waals surface area contributed by atoms with Crippen molar-refractivity contribution in [2.75, 3.05) is 25.4 Å². The molecule has 0 saturated heterocycles. The van der Waals surface area contributed by atoms with Gasteiger partial charge in [0.15, 0.2) is 0 Å². The lowest BCUT2D eigenvalue weighted by atomic mass is 10.1. The molecule has 0 fully saturated rings. The van der Waals surface area contributed by atoms with Crippen LogP contribution in [0.25, 0.3) is 0 Å². The molecule has 0 aliphatic heterocycles. The molecule has 0 radical (unpaired) electrons. The number of hydrogen-bond donors (Lipinski definition) is 1. The summed E-state index contributed by atoms with van der Waals surface area (Å²) in [4.78, 5) is 11.1. The summed E-state index contributed by atoms with van der Waals surface area (Å²) in [7, 11) is -4.19. The van der Waals surface area contributed by atoms with Crippen LogP contribution >= 0.6 is 0 Å². The number of primary amides is 1. The largest absolute Gasteiger partial charge is 0.748 e. The third-order valence-electron chi connectivity index (χ3n) is 4.47. The number of rotatable bonds is 12. The van der Waals surface area contributed by atoms with Crippen molar-refractivity contribution >= 4 is 16.0 Å². The zero-order chi connectivity index (χ0) is 18.1. The second kappa shape index (κ2) is 10.1. The summed E-state index contributed by atoms with van der Waals surface area (Å²) in [6.07, 6.45) is 4.88. The van der Waals surface area contributed by atoms with E-state index in [1.165, 1.54) is 0 Å². The van der Waals surface area contributed by atoms with E-state index in [9.17, 15) is 17.8 Å². The zero-order valence-corrected chi connectivity index (χ0v) is 15.7. The predicted octanol–water partition coefficient (Wildman–Crippen LogP) is 1.77. The molecule has 23 heavy (non-hydrogen) atoms. The normalized spacial score (nSPS) is 14.7. The van der Waals surface area contributed by atoms with Crippen LogP contribution in [0.5, 0.6) is 0 Å². The Hall–Kier alpha value is -0.920. The molecule has 0 heterocycles. The van der Waals surface area contributed by atoms with Crippen LogP contribution in [0.3, 0.4) is 0 Å². The molecule has 0 spiro atoms. The van der Waals surface area contributed by atoms with Crippen LogP contribution in [0.2, 0.25) is 0 Å². The zero-order valence-electron chi connectivity index (χ0n) is 14.9. The average Bonchev–Trinajstić information content (AvgIpc) is 2.43. The lowest BCUT2D eigenvalue weighted by Gasteiger charge is -2.44. The highest BCUT2D eigenvalue weighted by molar-refractivity contribution is 7.85. The van der Waals surface area contributed by atoms with Crippen molar-refractivity contribution < 1.29 is 22.2 Å². The number of amides is 1. The standard InChI is InChI=1S/C16H32N2O4S/c1-5-10-18(11-6-2,12-7-8-14(3)16(17)19)15(4)9-13-23(20,21)22/h8,15H,5-7,9-13H2,1-4H3,(H2-,17,19,20,21,22). The van der Waals surface area contributed by atoms with Gasteiger partial charge in [0.05, 0.1) is 35.8 Å². The minimum atomic E-state index is -4.19. The van der Waals surface area contributed by atoms with Gasteiger partial charge in [-0.05, 0) is 26.7 Å². The summed E-state index contributed by atoms with van der Waals surface area (Å²) in [5.41, 5.74) is 5.79. The molecule has 7 heteroatoms. The highest BCUT2D eigenvalue weighted by Gasteiger charge is 2.31. The van der Waals surface area contributed by atoms with Crippen LogP contribution in [0.4, 0.5) is 0 Å². The quantitative estimate of drug-likeness (QED) is 0.330. The molecule has 136 valence electrons. The van der Waals surface area contributed by atoms with Crippen molar-refractivity contribution in [2.45, 2.75) is 59.4 Å². The molecular formula is C16H32N2O4S. The highest BCUT2D eigenvalue weighted by Crippen LogP contribution is 2.21. The van der Waals surface area contributed by atoms with Gasteiger partial charge in [0, 0.05) is 24.2 Å². The molecule has 0 aromatic rings. The summed E-state index contributed by atoms with van der Waals surface area (Å²) in [5, 5.41) is 0. The van der Waals surface area contributed by atoms with E-state index in [4.69, 9.17) is 5.73 Å². The van der Waals surface area contributed by atoms with Gasteiger partial charge >= 0.3 is 0 Å². The van der Waals surface area contributed by atoms with Gasteiger partial charge in [0.2, 0.25) is 5.91 Å². The van der Waals surface area contributed by atoms with E-state index in [-0.39, 0.29) is 11.8 Å². The van der Waals surface area contributed by atoms with E-state index in [2.05, 4.69) is 13.8 Å². The van der Waals surface area contributed by atoms with Gasteiger partial charge in [-0.1, -0.05) is 19.9 Å². The summed E-state index contributed by atoms with van der Waals surface area (Å²) in [6.45, 7) is 10.6. The Bertz CT molecular complexity index is 494. The Balaban J connectivity index is 5.12. The van der Waals surface area contributed by atoms with Crippen molar-refractivity contribution in [1.82, 2.24) is 0 Å². The van der Waals surface area contributed by atoms with E-state index < -0.39 is 16.0 Å². The van der Waals surface area contributed by atoms with E-state index in [1.54, 1.807) is 6.92 Å². The van der Waals surface area contributed by atoms with E-state index >= 15 is 0 Å². The monoisotopic (exact) mass is 348 g/mol. The summed E-state index contributed by atoms with van der Waals surface area (Å²) in [6, 6.07) is 0.0842. The second-order valence-corrected chi connectivity index (χ2v) is 7.85. The van der Waals surface area contributed by atoms with Crippen LogP contribution in [-0.2, 0) is 14.9 Å². The van der Waals surface area contributed by atoms with Crippen LogP contribution in [-0.4, -0.2) is 54.8 Å². The summed E-state index contributed by atoms with van der Waals surface area (Å²) >= 11 is 0. The van der Waals surface area contributed by atoms with E-state index in [0.29, 0.717) is 18.4 Å². The van der Waals surface area contributed by atoms with E-state index in [1.807, 2.05) is 13.0 Å². The SMILES string of the molecule is CCC[N+](CCC)(CCC=C(C)C(N)=O)C(C)CCS(=O)(=O)[O-]. The van der Waals surface area contributed by atoms with Gasteiger partial charge in [0.1, 0.15) is 0 Å². The molecule has 2 N–H and O–H groups in total. The van der Waals surface area contributed by atoms with Gasteiger partial charge in [0.25, 0.3) is 0 Å². The van der Waals surface area contributed by atoms with Crippen LogP contribution < -0.4 is 5.73 Å². The molecule has 1 atom stereocenters. The number of quaternary nitrogens is 1. The van der Waals surface area contributed by atoms with E-state index in [0.717, 1.165) is 37.0 Å². The van der Waals surface area contributed by atoms with Gasteiger partial charge < -0.3 is 14.8 Å². The Kier molecular flexibility index (Phi) is 9.65. The number of nitrogens with zero attached hydrogens (tertiary/aromatic N) is 1. The molecule has 1 unspecified atom stereocenters. The molecule has 0 aliphatic carbocycles.